The zero-order valence-corrected chi connectivity index (χ0v) is 23.4. The minimum absolute atomic E-state index is 0.00997. The SMILES string of the molecule is CCC(C)NC(=O)C(C)N(Cc1cccc(Br)c1)C(=O)COc1ccc(C(C)(C)C)cc1Br. The Morgan fingerprint density at radius 3 is 2.36 bits per heavy atom. The van der Waals surface area contributed by atoms with E-state index in [0.29, 0.717) is 12.3 Å². The van der Waals surface area contributed by atoms with Crippen molar-refractivity contribution in [2.24, 2.45) is 0 Å². The van der Waals surface area contributed by atoms with E-state index in [9.17, 15) is 9.59 Å². The molecule has 0 aliphatic rings. The number of nitrogens with one attached hydrogen (secondary N) is 1. The number of halogens is 2. The number of nitrogens with zero attached hydrogens (tertiary/aromatic N) is 1. The molecule has 0 aliphatic heterocycles. The van der Waals surface area contributed by atoms with Gasteiger partial charge in [0.2, 0.25) is 5.91 Å². The summed E-state index contributed by atoms with van der Waals surface area (Å²) in [4.78, 5) is 27.6. The molecule has 0 aromatic heterocycles. The van der Waals surface area contributed by atoms with Crippen LogP contribution in [0.2, 0.25) is 0 Å². The van der Waals surface area contributed by atoms with Crippen LogP contribution in [-0.4, -0.2) is 35.4 Å². The van der Waals surface area contributed by atoms with Crippen molar-refractivity contribution in [2.75, 3.05) is 6.61 Å². The first kappa shape index (κ1) is 27.4. The van der Waals surface area contributed by atoms with Gasteiger partial charge in [-0.05, 0) is 77.0 Å². The van der Waals surface area contributed by atoms with Crippen molar-refractivity contribution in [3.05, 3.63) is 62.5 Å². The molecular weight excluding hydrogens is 548 g/mol. The van der Waals surface area contributed by atoms with Crippen molar-refractivity contribution in [3.8, 4) is 5.75 Å². The van der Waals surface area contributed by atoms with E-state index in [-0.39, 0.29) is 29.9 Å². The molecule has 0 bridgehead atoms. The highest BCUT2D eigenvalue weighted by Gasteiger charge is 2.27. The first-order chi connectivity index (χ1) is 15.4. The largest absolute Gasteiger partial charge is 0.483 e. The maximum atomic E-state index is 13.2. The Morgan fingerprint density at radius 2 is 1.79 bits per heavy atom. The standard InChI is InChI=1S/C26H34Br2N2O3/c1-7-17(2)29-25(32)18(3)30(15-19-9-8-10-21(27)13-19)24(31)16-33-23-12-11-20(14-22(23)28)26(4,5)6/h8-14,17-18H,7,15-16H2,1-6H3,(H,29,32). The fourth-order valence-corrected chi connectivity index (χ4v) is 4.13. The molecule has 33 heavy (non-hydrogen) atoms. The summed E-state index contributed by atoms with van der Waals surface area (Å²) in [6, 6.07) is 13.0. The molecule has 2 atom stereocenters. The number of carbonyl (C=O) groups excluding carboxylic acids is 2. The Morgan fingerprint density at radius 1 is 1.09 bits per heavy atom. The molecule has 2 aromatic rings. The quantitative estimate of drug-likeness (QED) is 0.382. The summed E-state index contributed by atoms with van der Waals surface area (Å²) in [5, 5.41) is 2.97. The summed E-state index contributed by atoms with van der Waals surface area (Å²) in [6.07, 6.45) is 0.819. The molecule has 2 amide bonds. The summed E-state index contributed by atoms with van der Waals surface area (Å²) >= 11 is 7.03. The van der Waals surface area contributed by atoms with Gasteiger partial charge in [0.1, 0.15) is 11.8 Å². The lowest BCUT2D eigenvalue weighted by Crippen LogP contribution is -2.50. The van der Waals surface area contributed by atoms with Crippen LogP contribution in [0.3, 0.4) is 0 Å². The molecule has 0 fully saturated rings. The van der Waals surface area contributed by atoms with E-state index in [1.807, 2.05) is 56.3 Å². The van der Waals surface area contributed by atoms with E-state index < -0.39 is 6.04 Å². The predicted molar refractivity (Wildman–Crippen MR) is 140 cm³/mol. The summed E-state index contributed by atoms with van der Waals surface area (Å²) in [5.74, 6) is 0.160. The lowest BCUT2D eigenvalue weighted by atomic mass is 9.87. The predicted octanol–water partition coefficient (Wildman–Crippen LogP) is 6.22. The Bertz CT molecular complexity index is 972. The minimum Gasteiger partial charge on any atom is -0.483 e. The molecule has 2 unspecified atom stereocenters. The number of rotatable bonds is 9. The molecule has 0 heterocycles. The summed E-state index contributed by atoms with van der Waals surface area (Å²) < 4.78 is 7.58. The molecule has 0 spiro atoms. The number of ether oxygens (including phenoxy) is 1. The Balaban J connectivity index is 2.19. The summed E-state index contributed by atoms with van der Waals surface area (Å²) in [6.45, 7) is 12.3. The molecular formula is C26H34Br2N2O3. The fraction of sp³-hybridized carbons (Fsp3) is 0.462. The first-order valence-corrected chi connectivity index (χ1v) is 12.8. The Labute approximate surface area is 214 Å². The van der Waals surface area contributed by atoms with Crippen molar-refractivity contribution in [3.63, 3.8) is 0 Å². The van der Waals surface area contributed by atoms with Crippen molar-refractivity contribution >= 4 is 43.7 Å². The van der Waals surface area contributed by atoms with E-state index in [1.165, 1.54) is 5.56 Å². The zero-order chi connectivity index (χ0) is 24.8. The van der Waals surface area contributed by atoms with Crippen molar-refractivity contribution in [1.29, 1.82) is 0 Å². The lowest BCUT2D eigenvalue weighted by molar-refractivity contribution is -0.142. The monoisotopic (exact) mass is 580 g/mol. The molecule has 0 saturated carbocycles. The summed E-state index contributed by atoms with van der Waals surface area (Å²) in [7, 11) is 0. The van der Waals surface area contributed by atoms with Crippen LogP contribution in [0.4, 0.5) is 0 Å². The van der Waals surface area contributed by atoms with Gasteiger partial charge in [-0.25, -0.2) is 0 Å². The Hall–Kier alpha value is -1.86. The second kappa shape index (κ2) is 12.0. The van der Waals surface area contributed by atoms with Gasteiger partial charge < -0.3 is 15.0 Å². The zero-order valence-electron chi connectivity index (χ0n) is 20.2. The highest BCUT2D eigenvalue weighted by Crippen LogP contribution is 2.31. The molecule has 0 radical (unpaired) electrons. The number of amides is 2. The van der Waals surface area contributed by atoms with Crippen LogP contribution in [0.25, 0.3) is 0 Å². The third-order valence-electron chi connectivity index (χ3n) is 5.56. The van der Waals surface area contributed by atoms with E-state index in [1.54, 1.807) is 11.8 Å². The van der Waals surface area contributed by atoms with Crippen molar-refractivity contribution in [1.82, 2.24) is 10.2 Å². The van der Waals surface area contributed by atoms with E-state index in [0.717, 1.165) is 20.9 Å². The maximum absolute atomic E-state index is 13.2. The van der Waals surface area contributed by atoms with E-state index >= 15 is 0 Å². The highest BCUT2D eigenvalue weighted by molar-refractivity contribution is 9.10. The minimum atomic E-state index is -0.638. The summed E-state index contributed by atoms with van der Waals surface area (Å²) in [5.41, 5.74) is 2.10. The van der Waals surface area contributed by atoms with Crippen LogP contribution in [0, 0.1) is 0 Å². The van der Waals surface area contributed by atoms with E-state index in [4.69, 9.17) is 4.74 Å². The molecule has 0 saturated heterocycles. The van der Waals surface area contributed by atoms with Crippen LogP contribution in [0.15, 0.2) is 51.4 Å². The van der Waals surface area contributed by atoms with Crippen LogP contribution in [0.5, 0.6) is 5.75 Å². The van der Waals surface area contributed by atoms with Crippen LogP contribution in [0.1, 0.15) is 59.1 Å². The topological polar surface area (TPSA) is 58.6 Å². The van der Waals surface area contributed by atoms with Crippen molar-refractivity contribution < 1.29 is 14.3 Å². The van der Waals surface area contributed by atoms with Crippen molar-refractivity contribution in [2.45, 2.75) is 72.0 Å². The first-order valence-electron chi connectivity index (χ1n) is 11.2. The van der Waals surface area contributed by atoms with Gasteiger partial charge in [0, 0.05) is 17.1 Å². The molecule has 7 heteroatoms. The lowest BCUT2D eigenvalue weighted by Gasteiger charge is -2.29. The average Bonchev–Trinajstić information content (AvgIpc) is 2.75. The highest BCUT2D eigenvalue weighted by atomic mass is 79.9. The van der Waals surface area contributed by atoms with Gasteiger partial charge >= 0.3 is 0 Å². The van der Waals surface area contributed by atoms with Gasteiger partial charge in [-0.3, -0.25) is 9.59 Å². The third kappa shape index (κ3) is 8.14. The average molecular weight is 582 g/mol. The Kier molecular flexibility index (Phi) is 9.98. The number of hydrogen-bond acceptors (Lipinski definition) is 3. The van der Waals surface area contributed by atoms with E-state index in [2.05, 4.69) is 57.9 Å². The maximum Gasteiger partial charge on any atom is 0.261 e. The molecule has 1 N–H and O–H groups in total. The van der Waals surface area contributed by atoms with Crippen LogP contribution in [-0.2, 0) is 21.5 Å². The number of benzene rings is 2. The second-order valence-electron chi connectivity index (χ2n) is 9.33. The molecule has 5 nitrogen and oxygen atoms in total. The molecule has 2 rings (SSSR count). The second-order valence-corrected chi connectivity index (χ2v) is 11.1. The third-order valence-corrected chi connectivity index (χ3v) is 6.67. The normalized spacial score (nSPS) is 13.2. The smallest absolute Gasteiger partial charge is 0.261 e. The molecule has 0 aliphatic carbocycles. The van der Waals surface area contributed by atoms with Gasteiger partial charge in [-0.1, -0.05) is 61.8 Å². The van der Waals surface area contributed by atoms with Crippen LogP contribution >= 0.6 is 31.9 Å². The van der Waals surface area contributed by atoms with Gasteiger partial charge in [0.15, 0.2) is 6.61 Å². The molecule has 2 aromatic carbocycles. The van der Waals surface area contributed by atoms with Gasteiger partial charge in [-0.15, -0.1) is 0 Å². The van der Waals surface area contributed by atoms with Gasteiger partial charge in [0.05, 0.1) is 4.47 Å². The van der Waals surface area contributed by atoms with Crippen LogP contribution < -0.4 is 10.1 Å². The number of hydrogen-bond donors (Lipinski definition) is 1. The van der Waals surface area contributed by atoms with Gasteiger partial charge in [-0.2, -0.15) is 0 Å². The fourth-order valence-electron chi connectivity index (χ4n) is 3.19. The molecule has 180 valence electrons. The van der Waals surface area contributed by atoms with Gasteiger partial charge in [0.25, 0.3) is 5.91 Å². The number of carbonyl (C=O) groups is 2.